The van der Waals surface area contributed by atoms with Crippen molar-refractivity contribution in [2.24, 2.45) is 0 Å². The number of methoxy groups -OCH3 is 1. The largest absolute Gasteiger partial charge is 0.494 e. The summed E-state index contributed by atoms with van der Waals surface area (Å²) in [7, 11) is -2.32. The minimum atomic E-state index is -3.72. The molecule has 7 nitrogen and oxygen atoms in total. The molecule has 1 aromatic carbocycles. The lowest BCUT2D eigenvalue weighted by Gasteiger charge is -2.24. The Hall–Kier alpha value is -2.19. The quantitative estimate of drug-likeness (QED) is 0.788. The molecule has 1 heterocycles. The molecule has 0 bridgehead atoms. The van der Waals surface area contributed by atoms with E-state index in [1.54, 1.807) is 25.1 Å². The van der Waals surface area contributed by atoms with Gasteiger partial charge < -0.3 is 14.5 Å². The summed E-state index contributed by atoms with van der Waals surface area (Å²) in [6.07, 6.45) is 2.52. The van der Waals surface area contributed by atoms with E-state index in [4.69, 9.17) is 20.8 Å². The number of anilines is 1. The Morgan fingerprint density at radius 3 is 2.68 bits per heavy atom. The molecule has 2 rings (SSSR count). The zero-order chi connectivity index (χ0) is 18.6. The molecule has 1 amide bonds. The van der Waals surface area contributed by atoms with Crippen LogP contribution in [0.1, 0.15) is 11.3 Å². The highest BCUT2D eigenvalue weighted by Gasteiger charge is 2.25. The van der Waals surface area contributed by atoms with Crippen LogP contribution in [0.5, 0.6) is 5.75 Å². The summed E-state index contributed by atoms with van der Waals surface area (Å²) in [4.78, 5) is 12.2. The molecule has 25 heavy (non-hydrogen) atoms. The number of sulfonamides is 1. The second kappa shape index (κ2) is 7.79. The summed E-state index contributed by atoms with van der Waals surface area (Å²) >= 11 is 6.06. The number of hydrogen-bond donors (Lipinski definition) is 1. The van der Waals surface area contributed by atoms with Crippen molar-refractivity contribution in [3.8, 4) is 5.75 Å². The number of nitrogens with zero attached hydrogens (tertiary/aromatic N) is 1. The second-order valence-corrected chi connectivity index (χ2v) is 7.71. The lowest BCUT2D eigenvalue weighted by atomic mass is 10.2. The van der Waals surface area contributed by atoms with Crippen molar-refractivity contribution in [2.45, 2.75) is 13.5 Å². The molecule has 0 saturated carbocycles. The summed E-state index contributed by atoms with van der Waals surface area (Å²) in [5.41, 5.74) is 0.919. The minimum Gasteiger partial charge on any atom is -0.494 e. The van der Waals surface area contributed by atoms with Gasteiger partial charge in [-0.05, 0) is 30.7 Å². The average molecular weight is 387 g/mol. The Labute approximate surface area is 151 Å². The van der Waals surface area contributed by atoms with Crippen LogP contribution >= 0.6 is 11.6 Å². The van der Waals surface area contributed by atoms with Gasteiger partial charge in [0.25, 0.3) is 0 Å². The third-order valence-corrected chi connectivity index (χ3v) is 4.99. The Bertz CT molecular complexity index is 850. The maximum absolute atomic E-state index is 12.2. The van der Waals surface area contributed by atoms with Crippen LogP contribution in [0.4, 0.5) is 5.69 Å². The van der Waals surface area contributed by atoms with Crippen LogP contribution in [0, 0.1) is 6.92 Å². The van der Waals surface area contributed by atoms with Crippen LogP contribution in [-0.4, -0.2) is 34.2 Å². The molecule has 1 aromatic heterocycles. The lowest BCUT2D eigenvalue weighted by molar-refractivity contribution is -0.119. The molecule has 0 fully saturated rings. The third kappa shape index (κ3) is 4.90. The van der Waals surface area contributed by atoms with E-state index in [9.17, 15) is 13.2 Å². The van der Waals surface area contributed by atoms with Crippen molar-refractivity contribution < 1.29 is 22.4 Å². The Morgan fingerprint density at radius 2 is 2.12 bits per heavy atom. The van der Waals surface area contributed by atoms with E-state index in [1.165, 1.54) is 19.4 Å². The number of ether oxygens (including phenoxy) is 1. The number of furan rings is 1. The molecule has 0 spiro atoms. The first-order valence-corrected chi connectivity index (χ1v) is 9.56. The van der Waals surface area contributed by atoms with Gasteiger partial charge in [-0.1, -0.05) is 11.6 Å². The Kier molecular flexibility index (Phi) is 5.97. The number of benzene rings is 1. The van der Waals surface area contributed by atoms with Crippen LogP contribution in [0.25, 0.3) is 0 Å². The molecule has 0 unspecified atom stereocenters. The summed E-state index contributed by atoms with van der Waals surface area (Å²) in [6, 6.07) is 6.50. The monoisotopic (exact) mass is 386 g/mol. The summed E-state index contributed by atoms with van der Waals surface area (Å²) in [5, 5.41) is 3.06. The van der Waals surface area contributed by atoms with Crippen molar-refractivity contribution in [1.82, 2.24) is 5.32 Å². The van der Waals surface area contributed by atoms with Gasteiger partial charge in [-0.2, -0.15) is 0 Å². The maximum atomic E-state index is 12.2. The first-order chi connectivity index (χ1) is 11.7. The Balaban J connectivity index is 2.25. The summed E-state index contributed by atoms with van der Waals surface area (Å²) < 4.78 is 35.7. The number of rotatable bonds is 7. The standard InChI is InChI=1S/C16H19ClN2O5S/c1-11-7-14(15(23-2)8-13(11)17)19(25(3,21)22)10-16(20)18-9-12-5-4-6-24-12/h4-8H,9-10H2,1-3H3,(H,18,20). The van der Waals surface area contributed by atoms with Crippen LogP contribution in [0.2, 0.25) is 5.02 Å². The van der Waals surface area contributed by atoms with E-state index < -0.39 is 22.5 Å². The van der Waals surface area contributed by atoms with Crippen molar-refractivity contribution in [3.05, 3.63) is 46.9 Å². The van der Waals surface area contributed by atoms with E-state index in [0.29, 0.717) is 16.3 Å². The predicted octanol–water partition coefficient (Wildman–Crippen LogP) is 2.33. The smallest absolute Gasteiger partial charge is 0.241 e. The molecule has 0 saturated heterocycles. The predicted molar refractivity (Wildman–Crippen MR) is 95.5 cm³/mol. The third-order valence-electron chi connectivity index (χ3n) is 3.46. The van der Waals surface area contributed by atoms with Gasteiger partial charge in [0, 0.05) is 11.1 Å². The number of nitrogens with one attached hydrogen (secondary N) is 1. The second-order valence-electron chi connectivity index (χ2n) is 5.40. The highest BCUT2D eigenvalue weighted by atomic mass is 35.5. The van der Waals surface area contributed by atoms with Crippen LogP contribution < -0.4 is 14.4 Å². The van der Waals surface area contributed by atoms with Gasteiger partial charge >= 0.3 is 0 Å². The molecule has 9 heteroatoms. The number of carbonyl (C=O) groups excluding carboxylic acids is 1. The minimum absolute atomic E-state index is 0.167. The zero-order valence-electron chi connectivity index (χ0n) is 14.1. The van der Waals surface area contributed by atoms with E-state index in [1.807, 2.05) is 0 Å². The molecular weight excluding hydrogens is 368 g/mol. The molecule has 0 aliphatic carbocycles. The van der Waals surface area contributed by atoms with E-state index in [-0.39, 0.29) is 18.0 Å². The molecule has 1 N–H and O–H groups in total. The van der Waals surface area contributed by atoms with Gasteiger partial charge in [-0.3, -0.25) is 9.10 Å². The molecule has 136 valence electrons. The maximum Gasteiger partial charge on any atom is 0.241 e. The molecular formula is C16H19ClN2O5S. The summed E-state index contributed by atoms with van der Waals surface area (Å²) in [5.74, 6) is 0.357. The highest BCUT2D eigenvalue weighted by molar-refractivity contribution is 7.92. The fourth-order valence-electron chi connectivity index (χ4n) is 2.17. The number of hydrogen-bond acceptors (Lipinski definition) is 5. The number of aryl methyl sites for hydroxylation is 1. The van der Waals surface area contributed by atoms with Crippen LogP contribution in [0.15, 0.2) is 34.9 Å². The Morgan fingerprint density at radius 1 is 1.40 bits per heavy atom. The van der Waals surface area contributed by atoms with Gasteiger partial charge in [0.1, 0.15) is 18.1 Å². The van der Waals surface area contributed by atoms with Gasteiger partial charge in [0.15, 0.2) is 0 Å². The first kappa shape index (κ1) is 19.1. The average Bonchev–Trinajstić information content (AvgIpc) is 3.05. The van der Waals surface area contributed by atoms with Crippen molar-refractivity contribution >= 4 is 33.2 Å². The van der Waals surface area contributed by atoms with Crippen molar-refractivity contribution in [1.29, 1.82) is 0 Å². The molecule has 0 aliphatic heterocycles. The van der Waals surface area contributed by atoms with Gasteiger partial charge in [-0.25, -0.2) is 8.42 Å². The molecule has 0 radical (unpaired) electrons. The van der Waals surface area contributed by atoms with Gasteiger partial charge in [0.05, 0.1) is 31.9 Å². The van der Waals surface area contributed by atoms with Crippen molar-refractivity contribution in [2.75, 3.05) is 24.2 Å². The number of carbonyl (C=O) groups is 1. The molecule has 2 aromatic rings. The van der Waals surface area contributed by atoms with Crippen LogP contribution in [0.3, 0.4) is 0 Å². The van der Waals surface area contributed by atoms with Gasteiger partial charge in [0.2, 0.25) is 15.9 Å². The van der Waals surface area contributed by atoms with Crippen molar-refractivity contribution in [3.63, 3.8) is 0 Å². The first-order valence-electron chi connectivity index (χ1n) is 7.33. The highest BCUT2D eigenvalue weighted by Crippen LogP contribution is 2.34. The SMILES string of the molecule is COc1cc(Cl)c(C)cc1N(CC(=O)NCc1ccco1)S(C)(=O)=O. The summed E-state index contributed by atoms with van der Waals surface area (Å²) in [6.45, 7) is 1.51. The fraction of sp³-hybridized carbons (Fsp3) is 0.312. The molecule has 0 atom stereocenters. The number of halogens is 1. The van der Waals surface area contributed by atoms with Crippen LogP contribution in [-0.2, 0) is 21.4 Å². The lowest BCUT2D eigenvalue weighted by Crippen LogP contribution is -2.40. The fourth-order valence-corrected chi connectivity index (χ4v) is 3.18. The van der Waals surface area contributed by atoms with E-state index >= 15 is 0 Å². The molecule has 0 aliphatic rings. The normalized spacial score (nSPS) is 11.2. The number of amides is 1. The zero-order valence-corrected chi connectivity index (χ0v) is 15.6. The van der Waals surface area contributed by atoms with E-state index in [0.717, 1.165) is 10.6 Å². The topological polar surface area (TPSA) is 88.8 Å². The van der Waals surface area contributed by atoms with E-state index in [2.05, 4.69) is 5.32 Å². The van der Waals surface area contributed by atoms with Gasteiger partial charge in [-0.15, -0.1) is 0 Å².